The van der Waals surface area contributed by atoms with Crippen LogP contribution < -0.4 is 14.2 Å². The summed E-state index contributed by atoms with van der Waals surface area (Å²) in [5.74, 6) is 2.88. The van der Waals surface area contributed by atoms with Crippen LogP contribution in [0.3, 0.4) is 0 Å². The van der Waals surface area contributed by atoms with Crippen molar-refractivity contribution < 1.29 is 19.0 Å². The molecule has 1 aromatic heterocycles. The van der Waals surface area contributed by atoms with Crippen molar-refractivity contribution in [1.82, 2.24) is 30.0 Å². The molecule has 2 aliphatic heterocycles. The van der Waals surface area contributed by atoms with Crippen LogP contribution in [0.4, 0.5) is 0 Å². The van der Waals surface area contributed by atoms with Crippen LogP contribution in [0.1, 0.15) is 28.7 Å². The van der Waals surface area contributed by atoms with Crippen molar-refractivity contribution in [2.75, 3.05) is 33.0 Å². The van der Waals surface area contributed by atoms with Crippen molar-refractivity contribution in [2.45, 2.75) is 26.6 Å². The Hall–Kier alpha value is -3.66. The van der Waals surface area contributed by atoms with Crippen molar-refractivity contribution in [3.05, 3.63) is 59.4 Å². The molecule has 3 heterocycles. The Bertz CT molecular complexity index is 1130. The number of hydrogen-bond acceptors (Lipinski definition) is 8. The van der Waals surface area contributed by atoms with Crippen molar-refractivity contribution in [3.63, 3.8) is 0 Å². The van der Waals surface area contributed by atoms with Gasteiger partial charge in [0.1, 0.15) is 12.4 Å². The number of carbonyl (C=O) groups is 1. The predicted molar refractivity (Wildman–Crippen MR) is 118 cm³/mol. The normalized spacial score (nSPS) is 15.6. The molecule has 1 fully saturated rings. The minimum atomic E-state index is 0.0153. The second-order valence-corrected chi connectivity index (χ2v) is 7.98. The first-order valence-electron chi connectivity index (χ1n) is 11.1. The van der Waals surface area contributed by atoms with Crippen LogP contribution in [0, 0.1) is 0 Å². The van der Waals surface area contributed by atoms with Gasteiger partial charge in [0.2, 0.25) is 6.79 Å². The number of ether oxygens (including phenoxy) is 3. The highest BCUT2D eigenvalue weighted by atomic mass is 16.7. The number of nitrogens with zero attached hydrogens (tertiary/aromatic N) is 6. The van der Waals surface area contributed by atoms with Gasteiger partial charge >= 0.3 is 0 Å². The number of rotatable bonds is 7. The molecule has 33 heavy (non-hydrogen) atoms. The average molecular weight is 450 g/mol. The molecule has 0 N–H and O–H groups in total. The largest absolute Gasteiger partial charge is 0.486 e. The number of aromatic nitrogens is 4. The van der Waals surface area contributed by atoms with E-state index in [9.17, 15) is 4.79 Å². The van der Waals surface area contributed by atoms with Gasteiger partial charge in [0.25, 0.3) is 5.91 Å². The van der Waals surface area contributed by atoms with E-state index in [1.165, 1.54) is 5.56 Å². The maximum atomic E-state index is 13.1. The monoisotopic (exact) mass is 450 g/mol. The molecule has 1 saturated heterocycles. The first-order valence-corrected chi connectivity index (χ1v) is 11.1. The Morgan fingerprint density at radius 2 is 1.91 bits per heavy atom. The number of carbonyl (C=O) groups excluding carboxylic acids is 1. The van der Waals surface area contributed by atoms with Gasteiger partial charge in [0, 0.05) is 44.8 Å². The summed E-state index contributed by atoms with van der Waals surface area (Å²) in [4.78, 5) is 17.3. The molecule has 2 aliphatic rings. The maximum Gasteiger partial charge on any atom is 0.254 e. The van der Waals surface area contributed by atoms with E-state index in [1.54, 1.807) is 10.7 Å². The van der Waals surface area contributed by atoms with Crippen molar-refractivity contribution in [2.24, 2.45) is 0 Å². The quantitative estimate of drug-likeness (QED) is 0.539. The standard InChI is InChI=1S/C23H26N6O4/c1-2-29-22(24-25-26-29)15-31-19-5-3-4-18(13-19)23(30)28-10-8-27(9-11-28)14-17-6-7-20-21(12-17)33-16-32-20/h3-7,12-13H,2,8-11,14-16H2,1H3. The summed E-state index contributed by atoms with van der Waals surface area (Å²) >= 11 is 0. The average Bonchev–Trinajstić information content (AvgIpc) is 3.51. The minimum Gasteiger partial charge on any atom is -0.486 e. The zero-order valence-electron chi connectivity index (χ0n) is 18.5. The molecule has 3 aromatic rings. The Labute approximate surface area is 191 Å². The first-order chi connectivity index (χ1) is 16.2. The Kier molecular flexibility index (Phi) is 6.07. The predicted octanol–water partition coefficient (Wildman–Crippen LogP) is 1.96. The number of tetrazole rings is 1. The van der Waals surface area contributed by atoms with E-state index in [2.05, 4.69) is 26.5 Å². The number of fused-ring (bicyclic) bond motifs is 1. The molecule has 5 rings (SSSR count). The van der Waals surface area contributed by atoms with E-state index in [-0.39, 0.29) is 19.3 Å². The lowest BCUT2D eigenvalue weighted by molar-refractivity contribution is 0.0628. The van der Waals surface area contributed by atoms with E-state index >= 15 is 0 Å². The Morgan fingerprint density at radius 1 is 1.06 bits per heavy atom. The fourth-order valence-corrected chi connectivity index (χ4v) is 4.03. The van der Waals surface area contributed by atoms with Gasteiger partial charge in [-0.3, -0.25) is 9.69 Å². The summed E-state index contributed by atoms with van der Waals surface area (Å²) in [5.41, 5.74) is 1.80. The van der Waals surface area contributed by atoms with Gasteiger partial charge in [-0.25, -0.2) is 4.68 Å². The second-order valence-electron chi connectivity index (χ2n) is 7.98. The smallest absolute Gasteiger partial charge is 0.254 e. The van der Waals surface area contributed by atoms with Gasteiger partial charge < -0.3 is 19.1 Å². The highest BCUT2D eigenvalue weighted by molar-refractivity contribution is 5.94. The first kappa shape index (κ1) is 21.2. The molecule has 10 heteroatoms. The van der Waals surface area contributed by atoms with E-state index in [4.69, 9.17) is 14.2 Å². The molecule has 2 aromatic carbocycles. The number of piperazine rings is 1. The molecular formula is C23H26N6O4. The van der Waals surface area contributed by atoms with Gasteiger partial charge in [0.15, 0.2) is 17.3 Å². The number of benzene rings is 2. The zero-order valence-corrected chi connectivity index (χ0v) is 18.5. The van der Waals surface area contributed by atoms with E-state index < -0.39 is 0 Å². The molecular weight excluding hydrogens is 424 g/mol. The van der Waals surface area contributed by atoms with Crippen LogP contribution in [0.25, 0.3) is 0 Å². The van der Waals surface area contributed by atoms with Crippen molar-refractivity contribution in [1.29, 1.82) is 0 Å². The lowest BCUT2D eigenvalue weighted by atomic mass is 10.1. The van der Waals surface area contributed by atoms with Gasteiger partial charge in [-0.15, -0.1) is 5.10 Å². The molecule has 1 amide bonds. The van der Waals surface area contributed by atoms with E-state index in [0.29, 0.717) is 36.8 Å². The zero-order chi connectivity index (χ0) is 22.6. The third-order valence-electron chi connectivity index (χ3n) is 5.86. The second kappa shape index (κ2) is 9.45. The molecule has 0 atom stereocenters. The summed E-state index contributed by atoms with van der Waals surface area (Å²) in [6, 6.07) is 13.3. The Balaban J connectivity index is 1.15. The summed E-state index contributed by atoms with van der Waals surface area (Å²) in [5, 5.41) is 11.5. The molecule has 0 radical (unpaired) electrons. The molecule has 0 spiro atoms. The van der Waals surface area contributed by atoms with E-state index in [0.717, 1.165) is 31.1 Å². The topological polar surface area (TPSA) is 94.8 Å². The Morgan fingerprint density at radius 3 is 2.76 bits per heavy atom. The summed E-state index contributed by atoms with van der Waals surface area (Å²) in [6.07, 6.45) is 0. The van der Waals surface area contributed by atoms with Crippen LogP contribution in [-0.4, -0.2) is 68.9 Å². The third-order valence-corrected chi connectivity index (χ3v) is 5.86. The van der Waals surface area contributed by atoms with Gasteiger partial charge in [-0.1, -0.05) is 12.1 Å². The number of amides is 1. The summed E-state index contributed by atoms with van der Waals surface area (Å²) < 4.78 is 18.4. The van der Waals surface area contributed by atoms with Gasteiger partial charge in [0.05, 0.1) is 0 Å². The number of hydrogen-bond donors (Lipinski definition) is 0. The highest BCUT2D eigenvalue weighted by Crippen LogP contribution is 2.32. The fraction of sp³-hybridized carbons (Fsp3) is 0.391. The summed E-state index contributed by atoms with van der Waals surface area (Å²) in [7, 11) is 0. The van der Waals surface area contributed by atoms with Crippen LogP contribution in [0.2, 0.25) is 0 Å². The van der Waals surface area contributed by atoms with E-state index in [1.807, 2.05) is 42.2 Å². The molecule has 0 aliphatic carbocycles. The van der Waals surface area contributed by atoms with Gasteiger partial charge in [-0.05, 0) is 53.2 Å². The lowest BCUT2D eigenvalue weighted by Gasteiger charge is -2.34. The molecule has 0 unspecified atom stereocenters. The molecule has 0 saturated carbocycles. The summed E-state index contributed by atoms with van der Waals surface area (Å²) in [6.45, 7) is 6.98. The van der Waals surface area contributed by atoms with Crippen molar-refractivity contribution >= 4 is 5.91 Å². The van der Waals surface area contributed by atoms with Crippen LogP contribution >= 0.6 is 0 Å². The maximum absolute atomic E-state index is 13.1. The van der Waals surface area contributed by atoms with Gasteiger partial charge in [-0.2, -0.15) is 0 Å². The number of aryl methyl sites for hydroxylation is 1. The van der Waals surface area contributed by atoms with Crippen molar-refractivity contribution in [3.8, 4) is 17.2 Å². The molecule has 10 nitrogen and oxygen atoms in total. The fourth-order valence-electron chi connectivity index (χ4n) is 4.03. The van der Waals surface area contributed by atoms with Crippen LogP contribution in [0.5, 0.6) is 17.2 Å². The van der Waals surface area contributed by atoms with Crippen LogP contribution in [0.15, 0.2) is 42.5 Å². The molecule has 172 valence electrons. The highest BCUT2D eigenvalue weighted by Gasteiger charge is 2.23. The lowest BCUT2D eigenvalue weighted by Crippen LogP contribution is -2.48. The SMILES string of the molecule is CCn1nnnc1COc1cccc(C(=O)N2CCN(Cc3ccc4c(c3)OCO4)CC2)c1. The third kappa shape index (κ3) is 4.75. The molecule has 0 bridgehead atoms. The van der Waals surface area contributed by atoms with Crippen LogP contribution in [-0.2, 0) is 19.7 Å². The minimum absolute atomic E-state index is 0.0153.